The van der Waals surface area contributed by atoms with E-state index >= 15 is 0 Å². The maximum atomic E-state index is 12.3. The summed E-state index contributed by atoms with van der Waals surface area (Å²) in [6.45, 7) is 7.60. The van der Waals surface area contributed by atoms with Crippen molar-refractivity contribution in [1.82, 2.24) is 19.9 Å². The number of carbonyl (C=O) groups excluding carboxylic acids is 1. The summed E-state index contributed by atoms with van der Waals surface area (Å²) in [7, 11) is 0. The Balaban J connectivity index is 1.51. The predicted molar refractivity (Wildman–Crippen MR) is 134 cm³/mol. The van der Waals surface area contributed by atoms with Gasteiger partial charge in [0.05, 0.1) is 40.9 Å². The topological polar surface area (TPSA) is 108 Å². The number of aromatic nitrogens is 3. The van der Waals surface area contributed by atoms with Gasteiger partial charge in [-0.05, 0) is 38.0 Å². The molecular formula is C26H30N6O2. The number of carbonyl (C=O) groups is 1. The van der Waals surface area contributed by atoms with Crippen LogP contribution in [0, 0.1) is 0 Å². The summed E-state index contributed by atoms with van der Waals surface area (Å²) < 4.78 is 0. The van der Waals surface area contributed by atoms with Crippen molar-refractivity contribution in [2.45, 2.75) is 38.1 Å². The number of fused-ring (bicyclic) bond motifs is 1. The van der Waals surface area contributed by atoms with Crippen LogP contribution in [-0.2, 0) is 4.79 Å². The highest BCUT2D eigenvalue weighted by molar-refractivity contribution is 5.94. The number of hydrogen-bond acceptors (Lipinski definition) is 7. The lowest BCUT2D eigenvalue weighted by molar-refractivity contribution is -0.134. The Bertz CT molecular complexity index is 1260. The van der Waals surface area contributed by atoms with Crippen LogP contribution in [0.2, 0.25) is 0 Å². The van der Waals surface area contributed by atoms with Crippen molar-refractivity contribution in [3.05, 3.63) is 48.4 Å². The van der Waals surface area contributed by atoms with E-state index in [1.807, 2.05) is 30.0 Å². The molecule has 1 aliphatic heterocycles. The molecule has 2 fully saturated rings. The number of benzene rings is 1. The van der Waals surface area contributed by atoms with Gasteiger partial charge in [0, 0.05) is 49.1 Å². The van der Waals surface area contributed by atoms with Gasteiger partial charge in [0.1, 0.15) is 0 Å². The van der Waals surface area contributed by atoms with E-state index in [0.29, 0.717) is 31.2 Å². The Labute approximate surface area is 199 Å². The van der Waals surface area contributed by atoms with Crippen molar-refractivity contribution >= 4 is 34.5 Å². The van der Waals surface area contributed by atoms with Gasteiger partial charge in [-0.2, -0.15) is 0 Å². The average molecular weight is 459 g/mol. The summed E-state index contributed by atoms with van der Waals surface area (Å²) in [5.41, 5.74) is 12.6. The van der Waals surface area contributed by atoms with Crippen LogP contribution in [0.5, 0.6) is 0 Å². The molecule has 3 aromatic rings. The quantitative estimate of drug-likeness (QED) is 0.584. The number of aliphatic hydroxyl groups is 1. The molecule has 3 N–H and O–H groups in total. The molecule has 8 heteroatoms. The normalized spacial score (nSPS) is 18.4. The van der Waals surface area contributed by atoms with Crippen LogP contribution in [0.15, 0.2) is 37.0 Å². The Morgan fingerprint density at radius 2 is 2.09 bits per heavy atom. The summed E-state index contributed by atoms with van der Waals surface area (Å²) in [4.78, 5) is 30.7. The lowest BCUT2D eigenvalue weighted by Crippen LogP contribution is -2.54. The molecule has 2 aliphatic rings. The number of anilines is 2. The second kappa shape index (κ2) is 9.02. The fourth-order valence-electron chi connectivity index (χ4n) is 4.80. The first-order chi connectivity index (χ1) is 16.5. The molecule has 34 heavy (non-hydrogen) atoms. The Kier molecular flexibility index (Phi) is 5.91. The van der Waals surface area contributed by atoms with E-state index in [-0.39, 0.29) is 25.0 Å². The monoisotopic (exact) mass is 458 g/mol. The van der Waals surface area contributed by atoms with Gasteiger partial charge in [-0.15, -0.1) is 0 Å². The Morgan fingerprint density at radius 1 is 1.26 bits per heavy atom. The van der Waals surface area contributed by atoms with Gasteiger partial charge in [0.25, 0.3) is 0 Å². The molecule has 2 aromatic heterocycles. The number of hydrogen-bond donors (Lipinski definition) is 2. The molecule has 1 amide bonds. The van der Waals surface area contributed by atoms with E-state index in [0.717, 1.165) is 52.2 Å². The van der Waals surface area contributed by atoms with Crippen molar-refractivity contribution in [2.24, 2.45) is 0 Å². The smallest absolute Gasteiger partial charge is 0.225 e. The number of nitrogens with zero attached hydrogens (tertiary/aromatic N) is 5. The number of amides is 1. The maximum absolute atomic E-state index is 12.3. The third-order valence-corrected chi connectivity index (χ3v) is 6.69. The molecule has 5 rings (SSSR count). The highest BCUT2D eigenvalue weighted by Crippen LogP contribution is 2.46. The number of nitrogens with two attached hydrogens (primary N) is 1. The summed E-state index contributed by atoms with van der Waals surface area (Å²) in [5.74, 6) is 1.18. The van der Waals surface area contributed by atoms with Crippen molar-refractivity contribution in [1.29, 1.82) is 0 Å². The van der Waals surface area contributed by atoms with Crippen LogP contribution in [-0.4, -0.2) is 63.1 Å². The first-order valence-electron chi connectivity index (χ1n) is 11.8. The molecule has 1 atom stereocenters. The van der Waals surface area contributed by atoms with Gasteiger partial charge in [0.2, 0.25) is 5.91 Å². The molecule has 1 aliphatic carbocycles. The number of piperazine rings is 1. The largest absolute Gasteiger partial charge is 0.396 e. The van der Waals surface area contributed by atoms with E-state index in [1.165, 1.54) is 0 Å². The maximum Gasteiger partial charge on any atom is 0.225 e. The second-order valence-electron chi connectivity index (χ2n) is 9.14. The molecule has 1 aromatic carbocycles. The van der Waals surface area contributed by atoms with Crippen LogP contribution in [0.3, 0.4) is 0 Å². The molecule has 3 heterocycles. The third kappa shape index (κ3) is 4.09. The van der Waals surface area contributed by atoms with Crippen LogP contribution < -0.4 is 10.6 Å². The first kappa shape index (κ1) is 22.3. The summed E-state index contributed by atoms with van der Waals surface area (Å²) >= 11 is 0. The molecule has 0 spiro atoms. The SMILES string of the molecule is C=Cc1cnc2c(-c3cc(N)c(N4CCN(C(=O)CCO)[C@H](C)C4)nc3C3CC3)cccc2n1. The van der Waals surface area contributed by atoms with Gasteiger partial charge in [-0.1, -0.05) is 18.7 Å². The van der Waals surface area contributed by atoms with Gasteiger partial charge >= 0.3 is 0 Å². The third-order valence-electron chi connectivity index (χ3n) is 6.69. The minimum atomic E-state index is -0.125. The summed E-state index contributed by atoms with van der Waals surface area (Å²) in [6, 6.07) is 8.05. The molecule has 0 radical (unpaired) electrons. The van der Waals surface area contributed by atoms with Gasteiger partial charge < -0.3 is 20.6 Å². The molecular weight excluding hydrogens is 428 g/mol. The fraction of sp³-hybridized carbons (Fsp3) is 0.385. The predicted octanol–water partition coefficient (Wildman–Crippen LogP) is 3.21. The van der Waals surface area contributed by atoms with E-state index in [1.54, 1.807) is 12.3 Å². The zero-order valence-electron chi connectivity index (χ0n) is 19.4. The van der Waals surface area contributed by atoms with E-state index < -0.39 is 0 Å². The number of nitrogen functional groups attached to an aromatic ring is 1. The number of rotatable bonds is 6. The molecule has 1 saturated carbocycles. The molecule has 8 nitrogen and oxygen atoms in total. The van der Waals surface area contributed by atoms with Crippen LogP contribution >= 0.6 is 0 Å². The van der Waals surface area contributed by atoms with Crippen molar-refractivity contribution < 1.29 is 9.90 Å². The zero-order valence-corrected chi connectivity index (χ0v) is 19.4. The lowest BCUT2D eigenvalue weighted by Gasteiger charge is -2.41. The lowest BCUT2D eigenvalue weighted by atomic mass is 9.98. The molecule has 176 valence electrons. The fourth-order valence-corrected chi connectivity index (χ4v) is 4.80. The first-order valence-corrected chi connectivity index (χ1v) is 11.8. The van der Waals surface area contributed by atoms with E-state index in [4.69, 9.17) is 15.8 Å². The molecule has 0 unspecified atom stereocenters. The van der Waals surface area contributed by atoms with Crippen molar-refractivity contribution in [2.75, 3.05) is 36.9 Å². The van der Waals surface area contributed by atoms with Crippen molar-refractivity contribution in [3.8, 4) is 11.1 Å². The minimum absolute atomic E-state index is 0.0127. The molecule has 1 saturated heterocycles. The highest BCUT2D eigenvalue weighted by Gasteiger charge is 2.33. The highest BCUT2D eigenvalue weighted by atomic mass is 16.3. The summed E-state index contributed by atoms with van der Waals surface area (Å²) in [5, 5.41) is 9.12. The average Bonchev–Trinajstić information content (AvgIpc) is 3.68. The number of aliphatic hydroxyl groups excluding tert-OH is 1. The molecule has 0 bridgehead atoms. The van der Waals surface area contributed by atoms with Crippen LogP contribution in [0.1, 0.15) is 43.5 Å². The Morgan fingerprint density at radius 3 is 2.79 bits per heavy atom. The second-order valence-corrected chi connectivity index (χ2v) is 9.14. The van der Waals surface area contributed by atoms with E-state index in [2.05, 4.69) is 27.5 Å². The number of para-hydroxylation sites is 1. The zero-order chi connectivity index (χ0) is 23.8. The van der Waals surface area contributed by atoms with Gasteiger partial charge in [-0.25, -0.2) is 9.97 Å². The Hall–Kier alpha value is -3.52. The van der Waals surface area contributed by atoms with Crippen molar-refractivity contribution in [3.63, 3.8) is 0 Å². The van der Waals surface area contributed by atoms with Crippen LogP contribution in [0.4, 0.5) is 11.5 Å². The van der Waals surface area contributed by atoms with E-state index in [9.17, 15) is 4.79 Å². The van der Waals surface area contributed by atoms with Gasteiger partial charge in [-0.3, -0.25) is 9.78 Å². The standard InChI is InChI=1S/C26H30N6O2/c1-3-18-14-28-25-19(5-4-6-22(25)29-18)20-13-21(27)26(30-24(20)17-7-8-17)31-10-11-32(16(2)15-31)23(34)9-12-33/h3-6,13-14,16-17,33H,1,7-12,15,27H2,2H3/t16-/m1/s1. The summed E-state index contributed by atoms with van der Waals surface area (Å²) in [6.07, 6.45) is 5.81. The number of pyridine rings is 1. The van der Waals surface area contributed by atoms with Crippen LogP contribution in [0.25, 0.3) is 28.2 Å². The van der Waals surface area contributed by atoms with Gasteiger partial charge in [0.15, 0.2) is 5.82 Å². The minimum Gasteiger partial charge on any atom is -0.396 e.